The fourth-order valence-corrected chi connectivity index (χ4v) is 1.44. The van der Waals surface area contributed by atoms with Gasteiger partial charge in [-0.1, -0.05) is 11.6 Å². The first kappa shape index (κ1) is 10.4. The normalized spacial score (nSPS) is 15.7. The zero-order chi connectivity index (χ0) is 11.0. The molecule has 0 aliphatic heterocycles. The van der Waals surface area contributed by atoms with Crippen molar-refractivity contribution in [3.05, 3.63) is 22.7 Å². The lowest BCUT2D eigenvalue weighted by atomic mass is 10.1. The molecule has 0 saturated heterocycles. The summed E-state index contributed by atoms with van der Waals surface area (Å²) in [5.74, 6) is -0.823. The molecule has 0 unspecified atom stereocenters. The van der Waals surface area contributed by atoms with E-state index in [1.807, 2.05) is 0 Å². The molecule has 15 heavy (non-hydrogen) atoms. The Bertz CT molecular complexity index is 407. The highest BCUT2D eigenvalue weighted by Gasteiger charge is 2.32. The number of nitrogens with zero attached hydrogens (tertiary/aromatic N) is 2. The monoisotopic (exact) mass is 232 g/mol. The standard InChI is InChI=1S/C9H7ClF2N2O/c10-7-5(6(15)4-1-2-4)3-13-9(14-7)8(11)12/h3-4,8H,1-2H2. The van der Waals surface area contributed by atoms with Crippen molar-refractivity contribution in [2.75, 3.05) is 0 Å². The Morgan fingerprint density at radius 3 is 2.67 bits per heavy atom. The third-order valence-electron chi connectivity index (χ3n) is 2.17. The van der Waals surface area contributed by atoms with Gasteiger partial charge in [-0.05, 0) is 12.8 Å². The lowest BCUT2D eigenvalue weighted by Crippen LogP contribution is -2.06. The summed E-state index contributed by atoms with van der Waals surface area (Å²) in [6.07, 6.45) is -0.0396. The molecule has 1 aromatic rings. The number of Topliss-reactive ketones (excluding diaryl/α,β-unsaturated/α-hetero) is 1. The highest BCUT2D eigenvalue weighted by molar-refractivity contribution is 6.32. The Hall–Kier alpha value is -1.10. The van der Waals surface area contributed by atoms with E-state index >= 15 is 0 Å². The van der Waals surface area contributed by atoms with E-state index in [-0.39, 0.29) is 22.4 Å². The van der Waals surface area contributed by atoms with Gasteiger partial charge in [-0.15, -0.1) is 0 Å². The van der Waals surface area contributed by atoms with Crippen molar-refractivity contribution < 1.29 is 13.6 Å². The minimum absolute atomic E-state index is 0.0245. The minimum atomic E-state index is -2.77. The van der Waals surface area contributed by atoms with E-state index in [0.717, 1.165) is 19.0 Å². The number of alkyl halides is 2. The highest BCUT2D eigenvalue weighted by atomic mass is 35.5. The predicted octanol–water partition coefficient (Wildman–Crippen LogP) is 2.66. The van der Waals surface area contributed by atoms with E-state index in [1.165, 1.54) is 0 Å². The van der Waals surface area contributed by atoms with Gasteiger partial charge in [0, 0.05) is 12.1 Å². The van der Waals surface area contributed by atoms with E-state index in [1.54, 1.807) is 0 Å². The van der Waals surface area contributed by atoms with E-state index in [0.29, 0.717) is 0 Å². The fraction of sp³-hybridized carbons (Fsp3) is 0.444. The van der Waals surface area contributed by atoms with Crippen LogP contribution in [0.5, 0.6) is 0 Å². The zero-order valence-electron chi connectivity index (χ0n) is 7.58. The molecule has 1 saturated carbocycles. The number of rotatable bonds is 3. The zero-order valence-corrected chi connectivity index (χ0v) is 8.34. The van der Waals surface area contributed by atoms with Crippen molar-refractivity contribution in [3.8, 4) is 0 Å². The Morgan fingerprint density at radius 1 is 1.53 bits per heavy atom. The number of carbonyl (C=O) groups excluding carboxylic acids is 1. The first-order valence-electron chi connectivity index (χ1n) is 4.44. The maximum absolute atomic E-state index is 12.2. The van der Waals surface area contributed by atoms with Crippen molar-refractivity contribution >= 4 is 17.4 Å². The molecule has 2 rings (SSSR count). The second kappa shape index (κ2) is 3.81. The average Bonchev–Trinajstić information content (AvgIpc) is 2.99. The Labute approximate surface area is 89.5 Å². The average molecular weight is 233 g/mol. The summed E-state index contributed by atoms with van der Waals surface area (Å²) in [4.78, 5) is 18.3. The molecular weight excluding hydrogens is 226 g/mol. The number of carbonyl (C=O) groups is 1. The SMILES string of the molecule is O=C(c1cnc(C(F)F)nc1Cl)C1CC1. The molecule has 1 aliphatic carbocycles. The maximum Gasteiger partial charge on any atom is 0.297 e. The van der Waals surface area contributed by atoms with Crippen LogP contribution in [0, 0.1) is 5.92 Å². The molecule has 80 valence electrons. The van der Waals surface area contributed by atoms with Crippen LogP contribution < -0.4 is 0 Å². The maximum atomic E-state index is 12.2. The molecular formula is C9H7ClF2N2O. The molecule has 1 heterocycles. The molecule has 0 amide bonds. The fourth-order valence-electron chi connectivity index (χ4n) is 1.21. The van der Waals surface area contributed by atoms with Gasteiger partial charge in [0.1, 0.15) is 5.15 Å². The quantitative estimate of drug-likeness (QED) is 0.594. The Kier molecular flexibility index (Phi) is 2.65. The van der Waals surface area contributed by atoms with Gasteiger partial charge in [0.05, 0.1) is 5.56 Å². The first-order valence-corrected chi connectivity index (χ1v) is 4.82. The van der Waals surface area contributed by atoms with E-state index in [2.05, 4.69) is 9.97 Å². The molecule has 0 atom stereocenters. The molecule has 3 nitrogen and oxygen atoms in total. The molecule has 0 radical (unpaired) electrons. The van der Waals surface area contributed by atoms with Crippen LogP contribution in [0.3, 0.4) is 0 Å². The van der Waals surface area contributed by atoms with Gasteiger partial charge in [0.25, 0.3) is 6.43 Å². The molecule has 0 aromatic carbocycles. The first-order chi connectivity index (χ1) is 7.09. The van der Waals surface area contributed by atoms with Crippen molar-refractivity contribution in [2.24, 2.45) is 5.92 Å². The van der Waals surface area contributed by atoms with Gasteiger partial charge in [0.15, 0.2) is 11.6 Å². The van der Waals surface area contributed by atoms with E-state index in [4.69, 9.17) is 11.6 Å². The van der Waals surface area contributed by atoms with Gasteiger partial charge in [-0.25, -0.2) is 18.7 Å². The molecule has 6 heteroatoms. The van der Waals surface area contributed by atoms with Crippen molar-refractivity contribution in [2.45, 2.75) is 19.3 Å². The number of ketones is 1. The lowest BCUT2D eigenvalue weighted by Gasteiger charge is -2.03. The topological polar surface area (TPSA) is 42.9 Å². The Balaban J connectivity index is 2.29. The lowest BCUT2D eigenvalue weighted by molar-refractivity contribution is 0.0965. The largest absolute Gasteiger partial charge is 0.297 e. The van der Waals surface area contributed by atoms with Gasteiger partial charge in [0.2, 0.25) is 0 Å². The number of hydrogen-bond acceptors (Lipinski definition) is 3. The van der Waals surface area contributed by atoms with Crippen LogP contribution in [0.15, 0.2) is 6.20 Å². The van der Waals surface area contributed by atoms with Crippen LogP contribution in [-0.4, -0.2) is 15.8 Å². The number of halogens is 3. The van der Waals surface area contributed by atoms with Crippen molar-refractivity contribution in [3.63, 3.8) is 0 Å². The highest BCUT2D eigenvalue weighted by Crippen LogP contribution is 2.34. The third-order valence-corrected chi connectivity index (χ3v) is 2.46. The van der Waals surface area contributed by atoms with E-state index in [9.17, 15) is 13.6 Å². The number of aromatic nitrogens is 2. The number of hydrogen-bond donors (Lipinski definition) is 0. The summed E-state index contributed by atoms with van der Waals surface area (Å²) < 4.78 is 24.4. The summed E-state index contributed by atoms with van der Waals surface area (Å²) >= 11 is 5.63. The summed E-state index contributed by atoms with van der Waals surface area (Å²) in [6, 6.07) is 0. The van der Waals surface area contributed by atoms with Crippen LogP contribution in [0.25, 0.3) is 0 Å². The second-order valence-corrected chi connectivity index (χ2v) is 3.73. The van der Waals surface area contributed by atoms with Gasteiger partial charge < -0.3 is 0 Å². The third kappa shape index (κ3) is 2.12. The summed E-state index contributed by atoms with van der Waals surface area (Å²) in [5.41, 5.74) is 0.142. The van der Waals surface area contributed by atoms with Crippen LogP contribution in [0.4, 0.5) is 8.78 Å². The van der Waals surface area contributed by atoms with Gasteiger partial charge >= 0.3 is 0 Å². The molecule has 1 aromatic heterocycles. The van der Waals surface area contributed by atoms with Gasteiger partial charge in [-0.3, -0.25) is 4.79 Å². The van der Waals surface area contributed by atoms with Crippen LogP contribution in [0.1, 0.15) is 35.4 Å². The van der Waals surface area contributed by atoms with Gasteiger partial charge in [-0.2, -0.15) is 0 Å². The molecule has 0 N–H and O–H groups in total. The summed E-state index contributed by atoms with van der Waals surface area (Å²) in [5, 5.41) is -0.183. The summed E-state index contributed by atoms with van der Waals surface area (Å²) in [6.45, 7) is 0. The molecule has 1 aliphatic rings. The molecule has 1 fully saturated rings. The van der Waals surface area contributed by atoms with Crippen LogP contribution in [-0.2, 0) is 0 Å². The Morgan fingerprint density at radius 2 is 2.20 bits per heavy atom. The van der Waals surface area contributed by atoms with Crippen LogP contribution >= 0.6 is 11.6 Å². The minimum Gasteiger partial charge on any atom is -0.294 e. The molecule has 0 spiro atoms. The summed E-state index contributed by atoms with van der Waals surface area (Å²) in [7, 11) is 0. The predicted molar refractivity (Wildman–Crippen MR) is 49.1 cm³/mol. The van der Waals surface area contributed by atoms with Crippen molar-refractivity contribution in [1.82, 2.24) is 9.97 Å². The van der Waals surface area contributed by atoms with E-state index < -0.39 is 12.2 Å². The van der Waals surface area contributed by atoms with Crippen molar-refractivity contribution in [1.29, 1.82) is 0 Å². The second-order valence-electron chi connectivity index (χ2n) is 3.37. The smallest absolute Gasteiger partial charge is 0.294 e. The van der Waals surface area contributed by atoms with Crippen LogP contribution in [0.2, 0.25) is 5.15 Å². The molecule has 0 bridgehead atoms.